The molecule has 0 aromatic heterocycles. The molecule has 0 amide bonds. The quantitative estimate of drug-likeness (QED) is 0.451. The average Bonchev–Trinajstić information content (AvgIpc) is 2.44. The lowest BCUT2D eigenvalue weighted by molar-refractivity contribution is -0.137. The van der Waals surface area contributed by atoms with Gasteiger partial charge >= 0.3 is 11.9 Å². The van der Waals surface area contributed by atoms with E-state index in [1.807, 2.05) is 6.92 Å². The Kier molecular flexibility index (Phi) is 7.01. The second-order valence-electron chi connectivity index (χ2n) is 4.05. The number of hydrogen-bond donors (Lipinski definition) is 0. The molecule has 0 spiro atoms. The first-order chi connectivity index (χ1) is 9.60. The molecular formula is C15H17BrO4. The highest BCUT2D eigenvalue weighted by Crippen LogP contribution is 2.22. The number of rotatable bonds is 6. The first kappa shape index (κ1) is 16.4. The van der Waals surface area contributed by atoms with Crippen molar-refractivity contribution < 1.29 is 19.1 Å². The Labute approximate surface area is 126 Å². The van der Waals surface area contributed by atoms with Gasteiger partial charge in [-0.25, -0.2) is 9.59 Å². The van der Waals surface area contributed by atoms with Gasteiger partial charge in [-0.3, -0.25) is 0 Å². The first-order valence-electron chi connectivity index (χ1n) is 6.31. The molecule has 20 heavy (non-hydrogen) atoms. The molecule has 0 atom stereocenters. The lowest BCUT2D eigenvalue weighted by Crippen LogP contribution is -2.05. The van der Waals surface area contributed by atoms with Crippen molar-refractivity contribution in [3.8, 4) is 0 Å². The zero-order valence-corrected chi connectivity index (χ0v) is 13.1. The van der Waals surface area contributed by atoms with Crippen molar-refractivity contribution in [2.45, 2.75) is 19.8 Å². The van der Waals surface area contributed by atoms with Crippen LogP contribution in [0.25, 0.3) is 6.08 Å². The number of esters is 2. The summed E-state index contributed by atoms with van der Waals surface area (Å²) in [4.78, 5) is 23.2. The van der Waals surface area contributed by atoms with E-state index in [-0.39, 0.29) is 0 Å². The van der Waals surface area contributed by atoms with E-state index >= 15 is 0 Å². The van der Waals surface area contributed by atoms with Crippen LogP contribution in [-0.2, 0) is 14.3 Å². The van der Waals surface area contributed by atoms with Crippen molar-refractivity contribution in [3.05, 3.63) is 39.9 Å². The molecule has 0 aliphatic heterocycles. The predicted molar refractivity (Wildman–Crippen MR) is 80.4 cm³/mol. The van der Waals surface area contributed by atoms with Gasteiger partial charge in [-0.2, -0.15) is 0 Å². The molecule has 0 aliphatic carbocycles. The summed E-state index contributed by atoms with van der Waals surface area (Å²) in [5, 5.41) is 0. The fraction of sp³-hybridized carbons (Fsp3) is 0.333. The van der Waals surface area contributed by atoms with Crippen molar-refractivity contribution in [2.75, 3.05) is 13.7 Å². The van der Waals surface area contributed by atoms with Gasteiger partial charge in [0.25, 0.3) is 0 Å². The molecule has 0 saturated heterocycles. The van der Waals surface area contributed by atoms with Gasteiger partial charge in [0.1, 0.15) is 0 Å². The highest BCUT2D eigenvalue weighted by atomic mass is 79.9. The zero-order valence-electron chi connectivity index (χ0n) is 11.5. The molecule has 0 radical (unpaired) electrons. The van der Waals surface area contributed by atoms with Gasteiger partial charge in [-0.05, 0) is 40.1 Å². The zero-order chi connectivity index (χ0) is 15.0. The Morgan fingerprint density at radius 3 is 2.75 bits per heavy atom. The van der Waals surface area contributed by atoms with Crippen molar-refractivity contribution >= 4 is 33.9 Å². The number of unbranched alkanes of at least 4 members (excludes halogenated alkanes) is 1. The van der Waals surface area contributed by atoms with E-state index in [1.54, 1.807) is 24.3 Å². The van der Waals surface area contributed by atoms with Crippen LogP contribution in [0.4, 0.5) is 0 Å². The van der Waals surface area contributed by atoms with Crippen LogP contribution in [0.2, 0.25) is 0 Å². The van der Waals surface area contributed by atoms with Crippen LogP contribution in [0, 0.1) is 0 Å². The second-order valence-corrected chi connectivity index (χ2v) is 4.90. The maximum Gasteiger partial charge on any atom is 0.339 e. The molecule has 0 N–H and O–H groups in total. The van der Waals surface area contributed by atoms with Crippen molar-refractivity contribution in [1.82, 2.24) is 0 Å². The molecule has 0 heterocycles. The van der Waals surface area contributed by atoms with Gasteiger partial charge < -0.3 is 9.47 Å². The standard InChI is InChI=1S/C15H17BrO4/c1-3-4-10-20-13(17)9-8-11-6-5-7-12(16)14(11)15(18)19-2/h5-9H,3-4,10H2,1-2H3/b9-8+. The SMILES string of the molecule is CCCCOC(=O)/C=C/c1cccc(Br)c1C(=O)OC. The third-order valence-corrected chi connectivity index (χ3v) is 3.24. The molecule has 5 heteroatoms. The van der Waals surface area contributed by atoms with Crippen LogP contribution in [0.3, 0.4) is 0 Å². The number of hydrogen-bond acceptors (Lipinski definition) is 4. The van der Waals surface area contributed by atoms with Crippen LogP contribution < -0.4 is 0 Å². The molecule has 1 rings (SSSR count). The second kappa shape index (κ2) is 8.53. The van der Waals surface area contributed by atoms with Crippen LogP contribution in [0.1, 0.15) is 35.7 Å². The van der Waals surface area contributed by atoms with Crippen LogP contribution in [0.15, 0.2) is 28.7 Å². The maximum absolute atomic E-state index is 11.7. The van der Waals surface area contributed by atoms with Gasteiger partial charge in [-0.15, -0.1) is 0 Å². The molecule has 1 aromatic rings. The molecular weight excluding hydrogens is 324 g/mol. The van der Waals surface area contributed by atoms with Gasteiger partial charge in [0, 0.05) is 10.5 Å². The van der Waals surface area contributed by atoms with Crippen LogP contribution >= 0.6 is 15.9 Å². The molecule has 4 nitrogen and oxygen atoms in total. The maximum atomic E-state index is 11.7. The minimum atomic E-state index is -0.462. The van der Waals surface area contributed by atoms with Crippen molar-refractivity contribution in [3.63, 3.8) is 0 Å². The fourth-order valence-corrected chi connectivity index (χ4v) is 2.06. The number of carbonyl (C=O) groups is 2. The third-order valence-electron chi connectivity index (χ3n) is 2.58. The third kappa shape index (κ3) is 4.81. The molecule has 1 aromatic carbocycles. The Bertz CT molecular complexity index is 509. The summed E-state index contributed by atoms with van der Waals surface area (Å²) in [6.07, 6.45) is 4.66. The minimum absolute atomic E-state index is 0.382. The predicted octanol–water partition coefficient (Wildman–Crippen LogP) is 3.59. The van der Waals surface area contributed by atoms with Gasteiger partial charge in [0.15, 0.2) is 0 Å². The summed E-state index contributed by atoms with van der Waals surface area (Å²) in [6, 6.07) is 5.24. The van der Waals surface area contributed by atoms with E-state index in [1.165, 1.54) is 13.2 Å². The van der Waals surface area contributed by atoms with E-state index in [0.717, 1.165) is 12.8 Å². The smallest absolute Gasteiger partial charge is 0.339 e. The molecule has 0 aliphatic rings. The number of benzene rings is 1. The average molecular weight is 341 g/mol. The summed E-state index contributed by atoms with van der Waals surface area (Å²) in [5.41, 5.74) is 0.978. The normalized spacial score (nSPS) is 10.6. The molecule has 0 bridgehead atoms. The highest BCUT2D eigenvalue weighted by Gasteiger charge is 2.14. The Hall–Kier alpha value is -1.62. The fourth-order valence-electron chi connectivity index (χ4n) is 1.52. The largest absolute Gasteiger partial charge is 0.465 e. The Balaban J connectivity index is 2.84. The van der Waals surface area contributed by atoms with E-state index in [4.69, 9.17) is 9.47 Å². The number of carbonyl (C=O) groups excluding carboxylic acids is 2. The summed E-state index contributed by atoms with van der Waals surface area (Å²) in [6.45, 7) is 2.43. The van der Waals surface area contributed by atoms with Gasteiger partial charge in [-0.1, -0.05) is 25.5 Å². The summed E-state index contributed by atoms with van der Waals surface area (Å²) in [7, 11) is 1.31. The van der Waals surface area contributed by atoms with Crippen molar-refractivity contribution in [1.29, 1.82) is 0 Å². The van der Waals surface area contributed by atoms with E-state index in [2.05, 4.69) is 15.9 Å². The molecule has 0 unspecified atom stereocenters. The van der Waals surface area contributed by atoms with Crippen LogP contribution in [-0.4, -0.2) is 25.7 Å². The lowest BCUT2D eigenvalue weighted by Gasteiger charge is -2.06. The summed E-state index contributed by atoms with van der Waals surface area (Å²) < 4.78 is 10.3. The monoisotopic (exact) mass is 340 g/mol. The van der Waals surface area contributed by atoms with Crippen molar-refractivity contribution in [2.24, 2.45) is 0 Å². The van der Waals surface area contributed by atoms with E-state index < -0.39 is 11.9 Å². The van der Waals surface area contributed by atoms with Crippen LogP contribution in [0.5, 0.6) is 0 Å². The number of halogens is 1. The molecule has 108 valence electrons. The summed E-state index contributed by atoms with van der Waals surface area (Å²) in [5.74, 6) is -0.884. The molecule has 0 fully saturated rings. The Morgan fingerprint density at radius 2 is 2.10 bits per heavy atom. The number of ether oxygens (including phenoxy) is 2. The van der Waals surface area contributed by atoms with Gasteiger partial charge in [0.05, 0.1) is 19.3 Å². The lowest BCUT2D eigenvalue weighted by atomic mass is 10.1. The summed E-state index contributed by atoms with van der Waals surface area (Å²) >= 11 is 3.30. The van der Waals surface area contributed by atoms with E-state index in [0.29, 0.717) is 22.2 Å². The first-order valence-corrected chi connectivity index (χ1v) is 7.11. The highest BCUT2D eigenvalue weighted by molar-refractivity contribution is 9.10. The van der Waals surface area contributed by atoms with E-state index in [9.17, 15) is 9.59 Å². The minimum Gasteiger partial charge on any atom is -0.465 e. The Morgan fingerprint density at radius 1 is 1.35 bits per heavy atom. The molecule has 0 saturated carbocycles. The number of methoxy groups -OCH3 is 1. The van der Waals surface area contributed by atoms with Gasteiger partial charge in [0.2, 0.25) is 0 Å². The topological polar surface area (TPSA) is 52.6 Å².